The number of Topliss-reactive ketones (excluding diaryl/α,β-unsaturated/α-hetero) is 2. The lowest BCUT2D eigenvalue weighted by Gasteiger charge is -2.39. The average Bonchev–Trinajstić information content (AvgIpc) is 3.74. The summed E-state index contributed by atoms with van der Waals surface area (Å²) in [5.41, 5.74) is 1.37. The van der Waals surface area contributed by atoms with Gasteiger partial charge in [-0.25, -0.2) is 0 Å². The Kier molecular flexibility index (Phi) is 11.5. The van der Waals surface area contributed by atoms with Gasteiger partial charge in [-0.15, -0.1) is 11.3 Å². The fourth-order valence-corrected chi connectivity index (χ4v) is 10.2. The van der Waals surface area contributed by atoms with Crippen LogP contribution >= 0.6 is 11.3 Å². The molecule has 62 heavy (non-hydrogen) atoms. The number of thiophene rings is 1. The lowest BCUT2D eigenvalue weighted by atomic mass is 9.92. The summed E-state index contributed by atoms with van der Waals surface area (Å²) < 4.78 is 52.9. The maximum absolute atomic E-state index is 13.4. The Morgan fingerprint density at radius 3 is 2.16 bits per heavy atom. The van der Waals surface area contributed by atoms with E-state index < -0.39 is 29.6 Å². The molecular weight excluding hydrogens is 822 g/mol. The van der Waals surface area contributed by atoms with Crippen molar-refractivity contribution in [3.63, 3.8) is 0 Å². The Labute approximate surface area is 360 Å². The van der Waals surface area contributed by atoms with Crippen molar-refractivity contribution in [1.82, 2.24) is 14.7 Å². The van der Waals surface area contributed by atoms with Crippen LogP contribution in [-0.2, 0) is 15.8 Å². The number of fused-ring (bicyclic) bond motifs is 2. The van der Waals surface area contributed by atoms with E-state index in [1.165, 1.54) is 23.5 Å². The van der Waals surface area contributed by atoms with Crippen molar-refractivity contribution in [1.29, 1.82) is 0 Å². The SMILES string of the molecule is O=C1CCC(N2C(=O)c3ccc(N4CCN(CC5CCN(CCOc6ccc(Oc7c(-c8ccc(C(F)(F)F)cc8)sc8cc(O)ccc78)cc6)CC5)CC4)cc3C2=O)C(=O)C1. The van der Waals surface area contributed by atoms with E-state index in [9.17, 15) is 37.5 Å². The van der Waals surface area contributed by atoms with E-state index in [0.29, 0.717) is 51.3 Å². The number of piperazine rings is 1. The number of piperidine rings is 1. The lowest BCUT2D eigenvalue weighted by molar-refractivity contribution is -0.137. The van der Waals surface area contributed by atoms with E-state index in [-0.39, 0.29) is 36.6 Å². The van der Waals surface area contributed by atoms with Gasteiger partial charge >= 0.3 is 6.18 Å². The molecule has 9 rings (SSSR count). The zero-order valence-corrected chi connectivity index (χ0v) is 34.7. The van der Waals surface area contributed by atoms with Gasteiger partial charge in [-0.2, -0.15) is 13.2 Å². The number of aromatic hydroxyl groups is 1. The zero-order valence-electron chi connectivity index (χ0n) is 33.9. The minimum atomic E-state index is -4.44. The number of carbonyl (C=O) groups is 4. The molecular formula is C47H45F3N4O7S. The molecule has 0 bridgehead atoms. The molecule has 11 nitrogen and oxygen atoms in total. The fourth-order valence-electron chi connectivity index (χ4n) is 8.98. The number of hydrogen-bond acceptors (Lipinski definition) is 11. The number of likely N-dealkylation sites (tertiary alicyclic amines) is 1. The van der Waals surface area contributed by atoms with Crippen LogP contribution in [0.3, 0.4) is 0 Å². The first-order valence-corrected chi connectivity index (χ1v) is 21.8. The van der Waals surface area contributed by atoms with Gasteiger partial charge in [0.15, 0.2) is 11.5 Å². The van der Waals surface area contributed by atoms with E-state index in [0.717, 1.165) is 98.0 Å². The normalized spacial score (nSPS) is 19.4. The van der Waals surface area contributed by atoms with E-state index in [1.807, 2.05) is 18.2 Å². The number of anilines is 1. The first kappa shape index (κ1) is 41.6. The Bertz CT molecular complexity index is 2510. The molecule has 4 heterocycles. The molecule has 1 aliphatic carbocycles. The molecule has 322 valence electrons. The monoisotopic (exact) mass is 866 g/mol. The second-order valence-corrected chi connectivity index (χ2v) is 17.5. The molecule has 1 unspecified atom stereocenters. The van der Waals surface area contributed by atoms with Crippen molar-refractivity contribution in [2.75, 3.05) is 63.9 Å². The van der Waals surface area contributed by atoms with Crippen LogP contribution in [0.5, 0.6) is 23.0 Å². The maximum Gasteiger partial charge on any atom is 0.416 e. The van der Waals surface area contributed by atoms with Crippen molar-refractivity contribution < 1.29 is 46.9 Å². The number of rotatable bonds is 11. The Morgan fingerprint density at radius 2 is 1.45 bits per heavy atom. The predicted molar refractivity (Wildman–Crippen MR) is 228 cm³/mol. The highest BCUT2D eigenvalue weighted by Gasteiger charge is 2.44. The summed E-state index contributed by atoms with van der Waals surface area (Å²) in [6, 6.07) is 21.6. The smallest absolute Gasteiger partial charge is 0.416 e. The molecule has 3 fully saturated rings. The molecule has 15 heteroatoms. The first-order valence-electron chi connectivity index (χ1n) is 21.0. The summed E-state index contributed by atoms with van der Waals surface area (Å²) in [5, 5.41) is 10.8. The van der Waals surface area contributed by atoms with E-state index in [2.05, 4.69) is 14.7 Å². The molecule has 1 atom stereocenters. The molecule has 3 aliphatic heterocycles. The predicted octanol–water partition coefficient (Wildman–Crippen LogP) is 8.28. The van der Waals surface area contributed by atoms with Gasteiger partial charge in [0, 0.05) is 61.5 Å². The van der Waals surface area contributed by atoms with Gasteiger partial charge in [-0.05, 0) is 117 Å². The largest absolute Gasteiger partial charge is 0.508 e. The van der Waals surface area contributed by atoms with Gasteiger partial charge in [-0.1, -0.05) is 12.1 Å². The summed E-state index contributed by atoms with van der Waals surface area (Å²) in [7, 11) is 0. The Morgan fingerprint density at radius 1 is 0.742 bits per heavy atom. The number of benzene rings is 4. The van der Waals surface area contributed by atoms with Crippen LogP contribution in [-0.4, -0.2) is 108 Å². The number of hydrogen-bond donors (Lipinski definition) is 1. The maximum atomic E-state index is 13.4. The number of imide groups is 1. The summed E-state index contributed by atoms with van der Waals surface area (Å²) in [4.78, 5) is 59.7. The third-order valence-corrected chi connectivity index (χ3v) is 13.6. The van der Waals surface area contributed by atoms with Gasteiger partial charge in [0.2, 0.25) is 0 Å². The van der Waals surface area contributed by atoms with Gasteiger partial charge in [0.05, 0.1) is 34.0 Å². The summed E-state index contributed by atoms with van der Waals surface area (Å²) in [6.45, 7) is 7.76. The van der Waals surface area contributed by atoms with Crippen LogP contribution in [0.25, 0.3) is 20.5 Å². The molecule has 4 aliphatic rings. The van der Waals surface area contributed by atoms with Crippen molar-refractivity contribution in [3.8, 4) is 33.4 Å². The highest BCUT2D eigenvalue weighted by atomic mass is 32.1. The quantitative estimate of drug-likeness (QED) is 0.103. The number of alkyl halides is 3. The van der Waals surface area contributed by atoms with Gasteiger partial charge in [0.25, 0.3) is 11.8 Å². The van der Waals surface area contributed by atoms with Gasteiger partial charge in [-0.3, -0.25) is 33.9 Å². The van der Waals surface area contributed by atoms with Crippen LogP contribution in [0, 0.1) is 5.92 Å². The molecule has 2 amide bonds. The number of nitrogens with zero attached hydrogens (tertiary/aromatic N) is 4. The third-order valence-electron chi connectivity index (χ3n) is 12.4. The third kappa shape index (κ3) is 8.66. The van der Waals surface area contributed by atoms with Crippen LogP contribution in [0.2, 0.25) is 0 Å². The first-order chi connectivity index (χ1) is 29.9. The molecule has 0 spiro atoms. The highest BCUT2D eigenvalue weighted by Crippen LogP contribution is 2.47. The fraction of sp³-hybridized carbons (Fsp3) is 0.362. The molecule has 1 saturated carbocycles. The van der Waals surface area contributed by atoms with Crippen molar-refractivity contribution in [3.05, 3.63) is 102 Å². The number of halogens is 3. The van der Waals surface area contributed by atoms with Crippen molar-refractivity contribution >= 4 is 50.5 Å². The second kappa shape index (κ2) is 17.2. The highest BCUT2D eigenvalue weighted by molar-refractivity contribution is 7.22. The molecule has 1 N–H and O–H groups in total. The van der Waals surface area contributed by atoms with Gasteiger partial charge < -0.3 is 19.5 Å². The standard InChI is InChI=1S/C47H45F3N4O7S/c48-47(49,50)31-3-1-30(2-4-31)44-43(38-13-6-34(56)27-42(38)62-44)61-36-10-8-35(9-11-36)60-24-23-51-17-15-29(16-18-51)28-52-19-21-53(22-20-52)32-5-12-37-39(25-32)46(59)54(45(37)58)40-14-7-33(55)26-41(40)57/h1-6,8-13,25,27,29,40,56H,7,14-24,26,28H2. The molecule has 5 aromatic rings. The van der Waals surface area contributed by atoms with Crippen LogP contribution in [0.1, 0.15) is 58.4 Å². The number of phenolic OH excluding ortho intramolecular Hbond substituents is 1. The molecule has 2 saturated heterocycles. The minimum absolute atomic E-state index is 0.0861. The average molecular weight is 867 g/mol. The second-order valence-electron chi connectivity index (χ2n) is 16.5. The zero-order chi connectivity index (χ0) is 43.1. The Balaban J connectivity index is 0.719. The van der Waals surface area contributed by atoms with Crippen LogP contribution < -0.4 is 14.4 Å². The Hall–Kier alpha value is -5.77. The van der Waals surface area contributed by atoms with Gasteiger partial charge in [0.1, 0.15) is 29.6 Å². The number of phenols is 1. The molecule has 4 aromatic carbocycles. The molecule has 0 radical (unpaired) electrons. The summed E-state index contributed by atoms with van der Waals surface area (Å²) in [6.07, 6.45) is -2.08. The van der Waals surface area contributed by atoms with Crippen LogP contribution in [0.15, 0.2) is 84.9 Å². The summed E-state index contributed by atoms with van der Waals surface area (Å²) >= 11 is 1.34. The number of ketones is 2. The minimum Gasteiger partial charge on any atom is -0.508 e. The summed E-state index contributed by atoms with van der Waals surface area (Å²) in [5.74, 6) is 0.999. The van der Waals surface area contributed by atoms with Crippen LogP contribution in [0.4, 0.5) is 18.9 Å². The van der Waals surface area contributed by atoms with E-state index in [1.54, 1.807) is 42.5 Å². The lowest BCUT2D eigenvalue weighted by Crippen LogP contribution is -2.49. The van der Waals surface area contributed by atoms with Crippen molar-refractivity contribution in [2.45, 2.75) is 44.3 Å². The number of carbonyl (C=O) groups excluding carboxylic acids is 4. The number of amides is 2. The van der Waals surface area contributed by atoms with E-state index in [4.69, 9.17) is 9.47 Å². The van der Waals surface area contributed by atoms with Crippen molar-refractivity contribution in [2.24, 2.45) is 5.92 Å². The van der Waals surface area contributed by atoms with E-state index >= 15 is 0 Å². The topological polar surface area (TPSA) is 120 Å². The number of ether oxygens (including phenoxy) is 2. The molecule has 1 aromatic heterocycles.